The minimum atomic E-state index is -4.12. The van der Waals surface area contributed by atoms with Gasteiger partial charge in [0.05, 0.1) is 11.4 Å². The van der Waals surface area contributed by atoms with E-state index in [4.69, 9.17) is 5.73 Å². The molecule has 3 aromatic carbocycles. The van der Waals surface area contributed by atoms with Gasteiger partial charge >= 0.3 is 5.97 Å². The first-order chi connectivity index (χ1) is 19.3. The van der Waals surface area contributed by atoms with Crippen LogP contribution >= 0.6 is 0 Å². The molecule has 1 aliphatic heterocycles. The molecule has 5 rings (SSSR count). The first kappa shape index (κ1) is 27.6. The molecule has 9 nitrogen and oxygen atoms in total. The number of carbonyl (C=O) groups is 2. The SMILES string of the molecule is NCCCCC(NC(=O)C1Cc2c([nH]c3ccccc23)CN1S(=O)(=O)c1ccc(-c2ccccc2)cc1)C(=O)O. The van der Waals surface area contributed by atoms with Crippen LogP contribution in [0.1, 0.15) is 30.5 Å². The molecule has 0 saturated carbocycles. The molecule has 2 unspecified atom stereocenters. The van der Waals surface area contributed by atoms with Crippen molar-refractivity contribution in [2.45, 2.75) is 49.2 Å². The Morgan fingerprint density at radius 2 is 1.65 bits per heavy atom. The lowest BCUT2D eigenvalue weighted by Crippen LogP contribution is -2.55. The van der Waals surface area contributed by atoms with E-state index in [0.29, 0.717) is 25.1 Å². The van der Waals surface area contributed by atoms with E-state index in [1.54, 1.807) is 24.3 Å². The lowest BCUT2D eigenvalue weighted by atomic mass is 9.97. The van der Waals surface area contributed by atoms with Crippen LogP contribution in [0.3, 0.4) is 0 Å². The molecule has 1 aromatic heterocycles. The fourth-order valence-electron chi connectivity index (χ4n) is 5.26. The molecule has 0 fully saturated rings. The molecule has 4 aromatic rings. The highest BCUT2D eigenvalue weighted by Gasteiger charge is 2.42. The third-order valence-corrected chi connectivity index (χ3v) is 9.26. The van der Waals surface area contributed by atoms with Crippen molar-refractivity contribution in [1.29, 1.82) is 0 Å². The highest BCUT2D eigenvalue weighted by molar-refractivity contribution is 7.89. The van der Waals surface area contributed by atoms with Crippen molar-refractivity contribution in [2.24, 2.45) is 5.73 Å². The third-order valence-electron chi connectivity index (χ3n) is 7.39. The highest BCUT2D eigenvalue weighted by atomic mass is 32.2. The Bertz CT molecular complexity index is 1620. The second-order valence-electron chi connectivity index (χ2n) is 9.97. The van der Waals surface area contributed by atoms with Crippen LogP contribution in [0.25, 0.3) is 22.0 Å². The maximum Gasteiger partial charge on any atom is 0.326 e. The smallest absolute Gasteiger partial charge is 0.326 e. The van der Waals surface area contributed by atoms with E-state index in [9.17, 15) is 23.1 Å². The summed E-state index contributed by atoms with van der Waals surface area (Å²) < 4.78 is 29.2. The van der Waals surface area contributed by atoms with Crippen LogP contribution in [0.2, 0.25) is 0 Å². The summed E-state index contributed by atoms with van der Waals surface area (Å²) in [7, 11) is -4.12. The lowest BCUT2D eigenvalue weighted by molar-refractivity contribution is -0.142. The van der Waals surface area contributed by atoms with Gasteiger partial charge in [-0.25, -0.2) is 13.2 Å². The van der Waals surface area contributed by atoms with Gasteiger partial charge in [-0.05, 0) is 60.7 Å². The topological polar surface area (TPSA) is 146 Å². The summed E-state index contributed by atoms with van der Waals surface area (Å²) in [5.41, 5.74) is 9.79. The fourth-order valence-corrected chi connectivity index (χ4v) is 6.82. The number of nitrogens with zero attached hydrogens (tertiary/aromatic N) is 1. The Labute approximate surface area is 233 Å². The number of aliphatic carboxylic acids is 1. The maximum atomic E-state index is 14.0. The van der Waals surface area contributed by atoms with Gasteiger partial charge in [0.25, 0.3) is 0 Å². The zero-order valence-corrected chi connectivity index (χ0v) is 22.7. The van der Waals surface area contributed by atoms with Crippen LogP contribution in [-0.2, 0) is 32.6 Å². The van der Waals surface area contributed by atoms with Crippen LogP contribution < -0.4 is 11.1 Å². The van der Waals surface area contributed by atoms with Crippen molar-refractivity contribution < 1.29 is 23.1 Å². The minimum absolute atomic E-state index is 0.0459. The summed E-state index contributed by atoms with van der Waals surface area (Å²) in [6.45, 7) is 0.372. The van der Waals surface area contributed by atoms with Crippen LogP contribution in [-0.4, -0.2) is 53.3 Å². The number of rotatable bonds is 10. The van der Waals surface area contributed by atoms with E-state index in [2.05, 4.69) is 10.3 Å². The minimum Gasteiger partial charge on any atom is -0.480 e. The predicted molar refractivity (Wildman–Crippen MR) is 153 cm³/mol. The fraction of sp³-hybridized carbons (Fsp3) is 0.267. The number of hydrogen-bond acceptors (Lipinski definition) is 5. The Hall–Kier alpha value is -3.99. The number of benzene rings is 3. The highest BCUT2D eigenvalue weighted by Crippen LogP contribution is 2.34. The van der Waals surface area contributed by atoms with Gasteiger partial charge in [0.15, 0.2) is 0 Å². The second-order valence-corrected chi connectivity index (χ2v) is 11.9. The molecule has 10 heteroatoms. The van der Waals surface area contributed by atoms with Crippen molar-refractivity contribution in [3.8, 4) is 11.1 Å². The summed E-state index contributed by atoms with van der Waals surface area (Å²) >= 11 is 0. The summed E-state index contributed by atoms with van der Waals surface area (Å²) in [6.07, 6.45) is 1.47. The van der Waals surface area contributed by atoms with Crippen LogP contribution in [0.4, 0.5) is 0 Å². The zero-order valence-electron chi connectivity index (χ0n) is 21.9. The van der Waals surface area contributed by atoms with Crippen molar-refractivity contribution in [2.75, 3.05) is 6.54 Å². The molecule has 40 heavy (non-hydrogen) atoms. The normalized spacial score (nSPS) is 16.4. The Morgan fingerprint density at radius 1 is 0.975 bits per heavy atom. The van der Waals surface area contributed by atoms with E-state index in [1.165, 1.54) is 4.31 Å². The number of nitrogens with one attached hydrogen (secondary N) is 2. The quantitative estimate of drug-likeness (QED) is 0.218. The Balaban J connectivity index is 1.49. The van der Waals surface area contributed by atoms with Crippen LogP contribution in [0.5, 0.6) is 0 Å². The predicted octanol–water partition coefficient (Wildman–Crippen LogP) is 3.65. The molecule has 0 spiro atoms. The van der Waals surface area contributed by atoms with E-state index in [1.807, 2.05) is 54.6 Å². The number of sulfonamides is 1. The zero-order chi connectivity index (χ0) is 28.3. The number of aromatic amines is 1. The first-order valence-electron chi connectivity index (χ1n) is 13.3. The number of fused-ring (bicyclic) bond motifs is 3. The molecule has 0 bridgehead atoms. The van der Waals surface area contributed by atoms with E-state index < -0.39 is 34.0 Å². The number of para-hydroxylation sites is 1. The number of hydrogen-bond donors (Lipinski definition) is 4. The Morgan fingerprint density at radius 3 is 2.35 bits per heavy atom. The largest absolute Gasteiger partial charge is 0.480 e. The lowest BCUT2D eigenvalue weighted by Gasteiger charge is -2.34. The first-order valence-corrected chi connectivity index (χ1v) is 14.7. The molecule has 5 N–H and O–H groups in total. The monoisotopic (exact) mass is 560 g/mol. The number of carbonyl (C=O) groups excluding carboxylic acids is 1. The molecule has 2 heterocycles. The van der Waals surface area contributed by atoms with Gasteiger partial charge in [-0.3, -0.25) is 4.79 Å². The van der Waals surface area contributed by atoms with Crippen molar-refractivity contribution in [3.63, 3.8) is 0 Å². The number of unbranched alkanes of at least 4 members (excludes halogenated alkanes) is 1. The van der Waals surface area contributed by atoms with Gasteiger partial charge in [-0.1, -0.05) is 60.7 Å². The number of H-pyrrole nitrogens is 1. The molecule has 208 valence electrons. The summed E-state index contributed by atoms with van der Waals surface area (Å²) in [4.78, 5) is 28.9. The van der Waals surface area contributed by atoms with Crippen LogP contribution in [0.15, 0.2) is 83.8 Å². The summed E-state index contributed by atoms with van der Waals surface area (Å²) in [5, 5.41) is 13.2. The number of aromatic nitrogens is 1. The average molecular weight is 561 g/mol. The Kier molecular flexibility index (Phi) is 8.02. The van der Waals surface area contributed by atoms with Crippen molar-refractivity contribution in [3.05, 3.63) is 90.1 Å². The average Bonchev–Trinajstić information content (AvgIpc) is 3.34. The number of amides is 1. The third kappa shape index (κ3) is 5.51. The van der Waals surface area contributed by atoms with Crippen molar-refractivity contribution in [1.82, 2.24) is 14.6 Å². The standard InChI is InChI=1S/C30H32N4O5S/c31-17-7-6-12-26(30(36)37)33-29(35)28-18-24-23-10-4-5-11-25(23)32-27(24)19-34(28)40(38,39)22-15-13-21(14-16-22)20-8-2-1-3-9-20/h1-5,8-11,13-16,26,28,32H,6-7,12,17-19,31H2,(H,33,35)(H,36,37). The molecule has 0 saturated heterocycles. The van der Waals surface area contributed by atoms with Gasteiger partial charge < -0.3 is 21.1 Å². The van der Waals surface area contributed by atoms with Crippen molar-refractivity contribution >= 4 is 32.8 Å². The number of carboxylic acids is 1. The maximum absolute atomic E-state index is 14.0. The molecular formula is C30H32N4O5S. The summed E-state index contributed by atoms with van der Waals surface area (Å²) in [6, 6.07) is 21.5. The number of carboxylic acid groups (broad SMARTS) is 1. The number of nitrogens with two attached hydrogens (primary N) is 1. The molecular weight excluding hydrogens is 528 g/mol. The molecule has 2 atom stereocenters. The summed E-state index contributed by atoms with van der Waals surface area (Å²) in [5.74, 6) is -1.81. The molecule has 0 aliphatic carbocycles. The van der Waals surface area contributed by atoms with Gasteiger partial charge in [0.1, 0.15) is 12.1 Å². The van der Waals surface area contributed by atoms with Gasteiger partial charge in [-0.15, -0.1) is 0 Å². The molecule has 1 amide bonds. The van der Waals surface area contributed by atoms with Gasteiger partial charge in [0, 0.05) is 23.0 Å². The van der Waals surface area contributed by atoms with E-state index in [-0.39, 0.29) is 24.3 Å². The van der Waals surface area contributed by atoms with E-state index in [0.717, 1.165) is 27.6 Å². The van der Waals surface area contributed by atoms with Gasteiger partial charge in [-0.2, -0.15) is 4.31 Å². The molecule has 1 aliphatic rings. The van der Waals surface area contributed by atoms with Gasteiger partial charge in [0.2, 0.25) is 15.9 Å². The second kappa shape index (κ2) is 11.6. The van der Waals surface area contributed by atoms with E-state index >= 15 is 0 Å². The van der Waals surface area contributed by atoms with Crippen LogP contribution in [0, 0.1) is 0 Å². The molecule has 0 radical (unpaired) electrons.